The van der Waals surface area contributed by atoms with Crippen LogP contribution < -0.4 is 4.90 Å². The molecule has 0 saturated carbocycles. The highest BCUT2D eigenvalue weighted by molar-refractivity contribution is 5.79. The monoisotopic (exact) mass is 297 g/mol. The predicted molar refractivity (Wildman–Crippen MR) is 89.0 cm³/mol. The summed E-state index contributed by atoms with van der Waals surface area (Å²) in [5.41, 5.74) is 3.47. The second-order valence-electron chi connectivity index (χ2n) is 5.57. The second kappa shape index (κ2) is 6.60. The molecule has 22 heavy (non-hydrogen) atoms. The van der Waals surface area contributed by atoms with Crippen LogP contribution in [-0.2, 0) is 0 Å². The fourth-order valence-electron chi connectivity index (χ4n) is 2.52. The molecule has 0 unspecified atom stereocenters. The summed E-state index contributed by atoms with van der Waals surface area (Å²) in [7, 11) is 0. The van der Waals surface area contributed by atoms with Crippen LogP contribution in [-0.4, -0.2) is 37.4 Å². The zero-order chi connectivity index (χ0) is 15.4. The highest BCUT2D eigenvalue weighted by Gasteiger charge is 2.15. The van der Waals surface area contributed by atoms with Crippen molar-refractivity contribution >= 4 is 11.9 Å². The fraction of sp³-hybridized carbons (Fsp3) is 0.278. The molecular weight excluding hydrogens is 277 g/mol. The molecule has 0 aromatic heterocycles. The molecular formula is C18H20FN3. The van der Waals surface area contributed by atoms with Crippen molar-refractivity contribution in [2.24, 2.45) is 5.10 Å². The van der Waals surface area contributed by atoms with E-state index in [1.807, 2.05) is 0 Å². The molecule has 0 spiro atoms. The van der Waals surface area contributed by atoms with Crippen LogP contribution in [0.1, 0.15) is 11.1 Å². The predicted octanol–water partition coefficient (Wildman–Crippen LogP) is 3.29. The largest absolute Gasteiger partial charge is 0.368 e. The average molecular weight is 297 g/mol. The molecule has 2 aromatic rings. The van der Waals surface area contributed by atoms with Crippen LogP contribution in [0, 0.1) is 12.7 Å². The molecule has 4 heteroatoms. The number of halogens is 1. The lowest BCUT2D eigenvalue weighted by molar-refractivity contribution is 0.272. The standard InChI is InChI=1S/C18H20FN3/c1-15-2-8-18(9-3-15)21-10-12-22(13-11-21)20-14-16-4-6-17(19)7-5-16/h2-9,14H,10-13H2,1H3/b20-14+. The number of benzene rings is 2. The number of piperazine rings is 1. The van der Waals surface area contributed by atoms with Crippen molar-refractivity contribution in [3.63, 3.8) is 0 Å². The molecule has 1 fully saturated rings. The van der Waals surface area contributed by atoms with E-state index < -0.39 is 0 Å². The Hall–Kier alpha value is -2.36. The molecule has 0 bridgehead atoms. The Morgan fingerprint density at radius 1 is 0.909 bits per heavy atom. The van der Waals surface area contributed by atoms with Gasteiger partial charge in [-0.15, -0.1) is 0 Å². The first-order valence-corrected chi connectivity index (χ1v) is 7.57. The van der Waals surface area contributed by atoms with E-state index in [1.165, 1.54) is 23.4 Å². The van der Waals surface area contributed by atoms with E-state index in [-0.39, 0.29) is 5.82 Å². The van der Waals surface area contributed by atoms with Gasteiger partial charge in [-0.25, -0.2) is 4.39 Å². The molecule has 3 nitrogen and oxygen atoms in total. The first kappa shape index (κ1) is 14.6. The van der Waals surface area contributed by atoms with Crippen LogP contribution >= 0.6 is 0 Å². The minimum Gasteiger partial charge on any atom is -0.368 e. The molecule has 0 amide bonds. The highest BCUT2D eigenvalue weighted by Crippen LogP contribution is 2.17. The molecule has 0 atom stereocenters. The first-order chi connectivity index (χ1) is 10.7. The van der Waals surface area contributed by atoms with Gasteiger partial charge in [0, 0.05) is 18.8 Å². The summed E-state index contributed by atoms with van der Waals surface area (Å²) in [6, 6.07) is 15.0. The normalized spacial score (nSPS) is 15.5. The van der Waals surface area contributed by atoms with Gasteiger partial charge in [0.1, 0.15) is 5.82 Å². The van der Waals surface area contributed by atoms with E-state index in [1.54, 1.807) is 18.3 Å². The fourth-order valence-corrected chi connectivity index (χ4v) is 2.52. The number of hydrogen-bond acceptors (Lipinski definition) is 3. The summed E-state index contributed by atoms with van der Waals surface area (Å²) in [5.74, 6) is -0.219. The van der Waals surface area contributed by atoms with Crippen molar-refractivity contribution in [2.45, 2.75) is 6.92 Å². The second-order valence-corrected chi connectivity index (χ2v) is 5.57. The molecule has 1 heterocycles. The number of anilines is 1. The SMILES string of the molecule is Cc1ccc(N2CCN(/N=C/c3ccc(F)cc3)CC2)cc1. The van der Waals surface area contributed by atoms with Gasteiger partial charge in [0.15, 0.2) is 0 Å². The summed E-state index contributed by atoms with van der Waals surface area (Å²) >= 11 is 0. The van der Waals surface area contributed by atoms with Gasteiger partial charge in [-0.05, 0) is 36.8 Å². The van der Waals surface area contributed by atoms with Crippen LogP contribution in [0.25, 0.3) is 0 Å². The molecule has 3 rings (SSSR count). The maximum absolute atomic E-state index is 12.9. The summed E-state index contributed by atoms with van der Waals surface area (Å²) in [4.78, 5) is 2.38. The Bertz CT molecular complexity index is 626. The van der Waals surface area contributed by atoms with Gasteiger partial charge in [-0.3, -0.25) is 5.01 Å². The lowest BCUT2D eigenvalue weighted by atomic mass is 10.2. The number of nitrogens with zero attached hydrogens (tertiary/aromatic N) is 3. The van der Waals surface area contributed by atoms with Crippen molar-refractivity contribution in [2.75, 3.05) is 31.1 Å². The van der Waals surface area contributed by atoms with Gasteiger partial charge < -0.3 is 4.90 Å². The lowest BCUT2D eigenvalue weighted by Gasteiger charge is -2.34. The quantitative estimate of drug-likeness (QED) is 0.810. The molecule has 1 aliphatic heterocycles. The molecule has 114 valence electrons. The van der Waals surface area contributed by atoms with Gasteiger partial charge in [-0.1, -0.05) is 29.8 Å². The smallest absolute Gasteiger partial charge is 0.123 e. The minimum absolute atomic E-state index is 0.219. The molecule has 2 aromatic carbocycles. The molecule has 1 aliphatic rings. The molecule has 1 saturated heterocycles. The van der Waals surface area contributed by atoms with E-state index >= 15 is 0 Å². The number of rotatable bonds is 3. The summed E-state index contributed by atoms with van der Waals surface area (Å²) in [5, 5.41) is 6.55. The highest BCUT2D eigenvalue weighted by atomic mass is 19.1. The van der Waals surface area contributed by atoms with Gasteiger partial charge >= 0.3 is 0 Å². The van der Waals surface area contributed by atoms with Crippen molar-refractivity contribution in [3.05, 3.63) is 65.5 Å². The van der Waals surface area contributed by atoms with Gasteiger partial charge in [-0.2, -0.15) is 5.10 Å². The van der Waals surface area contributed by atoms with E-state index in [4.69, 9.17) is 0 Å². The van der Waals surface area contributed by atoms with E-state index in [0.29, 0.717) is 0 Å². The Kier molecular flexibility index (Phi) is 4.37. The van der Waals surface area contributed by atoms with Crippen LogP contribution in [0.3, 0.4) is 0 Å². The van der Waals surface area contributed by atoms with E-state index in [9.17, 15) is 4.39 Å². The summed E-state index contributed by atoms with van der Waals surface area (Å²) in [6.07, 6.45) is 1.79. The van der Waals surface area contributed by atoms with E-state index in [0.717, 1.165) is 31.7 Å². The zero-order valence-corrected chi connectivity index (χ0v) is 12.7. The third-order valence-corrected chi connectivity index (χ3v) is 3.90. The van der Waals surface area contributed by atoms with E-state index in [2.05, 4.69) is 46.2 Å². The Balaban J connectivity index is 1.55. The van der Waals surface area contributed by atoms with Crippen LogP contribution in [0.4, 0.5) is 10.1 Å². The minimum atomic E-state index is -0.219. The van der Waals surface area contributed by atoms with Crippen LogP contribution in [0.2, 0.25) is 0 Å². The molecule has 0 radical (unpaired) electrons. The first-order valence-electron chi connectivity index (χ1n) is 7.57. The number of hydrazone groups is 1. The Labute approximate surface area is 130 Å². The third kappa shape index (κ3) is 3.64. The Morgan fingerprint density at radius 3 is 2.18 bits per heavy atom. The van der Waals surface area contributed by atoms with Gasteiger partial charge in [0.2, 0.25) is 0 Å². The average Bonchev–Trinajstić information content (AvgIpc) is 2.56. The summed E-state index contributed by atoms with van der Waals surface area (Å²) in [6.45, 7) is 5.82. The van der Waals surface area contributed by atoms with Crippen molar-refractivity contribution in [3.8, 4) is 0 Å². The van der Waals surface area contributed by atoms with Crippen molar-refractivity contribution in [1.82, 2.24) is 5.01 Å². The van der Waals surface area contributed by atoms with Crippen LogP contribution in [0.15, 0.2) is 53.6 Å². The molecule has 0 aliphatic carbocycles. The maximum Gasteiger partial charge on any atom is 0.123 e. The summed E-state index contributed by atoms with van der Waals surface area (Å²) < 4.78 is 12.9. The van der Waals surface area contributed by atoms with Crippen molar-refractivity contribution in [1.29, 1.82) is 0 Å². The zero-order valence-electron chi connectivity index (χ0n) is 12.7. The molecule has 0 N–H and O–H groups in total. The third-order valence-electron chi connectivity index (χ3n) is 3.90. The lowest BCUT2D eigenvalue weighted by Crippen LogP contribution is -2.44. The van der Waals surface area contributed by atoms with Crippen molar-refractivity contribution < 1.29 is 4.39 Å². The Morgan fingerprint density at radius 2 is 1.55 bits per heavy atom. The van der Waals surface area contributed by atoms with Gasteiger partial charge in [0.05, 0.1) is 19.3 Å². The number of aryl methyl sites for hydroxylation is 1. The van der Waals surface area contributed by atoms with Crippen LogP contribution in [0.5, 0.6) is 0 Å². The van der Waals surface area contributed by atoms with Gasteiger partial charge in [0.25, 0.3) is 0 Å². The number of hydrogen-bond donors (Lipinski definition) is 0. The topological polar surface area (TPSA) is 18.8 Å². The maximum atomic E-state index is 12.9.